The fourth-order valence-corrected chi connectivity index (χ4v) is 2.17. The van der Waals surface area contributed by atoms with Crippen LogP contribution in [0.4, 0.5) is 8.78 Å². The van der Waals surface area contributed by atoms with Gasteiger partial charge in [0, 0.05) is 5.70 Å². The Bertz CT molecular complexity index is 292. The van der Waals surface area contributed by atoms with Gasteiger partial charge in [0.15, 0.2) is 0 Å². The number of nitrogens with zero attached hydrogens (tertiary/aromatic N) is 1. The van der Waals surface area contributed by atoms with Crippen molar-refractivity contribution in [1.29, 1.82) is 0 Å². The number of rotatable bonds is 2. The zero-order valence-electron chi connectivity index (χ0n) is 7.23. The number of alkyl halides is 2. The van der Waals surface area contributed by atoms with Gasteiger partial charge in [-0.2, -0.15) is 0 Å². The van der Waals surface area contributed by atoms with Gasteiger partial charge in [-0.25, -0.2) is 13.8 Å². The molecule has 1 nitrogen and oxygen atoms in total. The van der Waals surface area contributed by atoms with Gasteiger partial charge >= 0.3 is 0 Å². The first-order valence-electron chi connectivity index (χ1n) is 4.34. The van der Waals surface area contributed by atoms with Gasteiger partial charge in [0.1, 0.15) is 5.17 Å². The van der Waals surface area contributed by atoms with E-state index in [0.717, 1.165) is 18.4 Å². The van der Waals surface area contributed by atoms with Crippen LogP contribution in [-0.2, 0) is 0 Å². The second-order valence-corrected chi connectivity index (χ2v) is 3.95. The fourth-order valence-electron chi connectivity index (χ4n) is 1.83. The van der Waals surface area contributed by atoms with Crippen LogP contribution in [0.25, 0.3) is 0 Å². The van der Waals surface area contributed by atoms with Gasteiger partial charge in [0.25, 0.3) is 6.43 Å². The molecule has 0 aromatic heterocycles. The Morgan fingerprint density at radius 3 is 2.54 bits per heavy atom. The highest BCUT2D eigenvalue weighted by Gasteiger charge is 2.42. The van der Waals surface area contributed by atoms with Crippen LogP contribution in [0, 0.1) is 11.8 Å². The van der Waals surface area contributed by atoms with Gasteiger partial charge in [-0.3, -0.25) is 0 Å². The van der Waals surface area contributed by atoms with E-state index >= 15 is 0 Å². The van der Waals surface area contributed by atoms with E-state index in [1.165, 1.54) is 0 Å². The molecule has 0 aromatic rings. The summed E-state index contributed by atoms with van der Waals surface area (Å²) in [5.41, 5.74) is 1.48. The highest BCUT2D eigenvalue weighted by Crippen LogP contribution is 2.47. The maximum Gasteiger partial charge on any atom is 0.251 e. The minimum atomic E-state index is -2.41. The van der Waals surface area contributed by atoms with Crippen LogP contribution in [0.1, 0.15) is 19.8 Å². The second-order valence-electron chi connectivity index (χ2n) is 3.56. The molecule has 72 valence electrons. The Morgan fingerprint density at radius 2 is 2.08 bits per heavy atom. The third-order valence-corrected chi connectivity index (χ3v) is 2.87. The fraction of sp³-hybridized carbons (Fsp3) is 0.667. The number of aliphatic imine (C=N–C) groups is 1. The van der Waals surface area contributed by atoms with E-state index < -0.39 is 12.3 Å². The predicted octanol–water partition coefficient (Wildman–Crippen LogP) is 3.20. The molecular weight excluding hydrogens is 196 g/mol. The third kappa shape index (κ3) is 1.50. The topological polar surface area (TPSA) is 12.4 Å². The van der Waals surface area contributed by atoms with Crippen molar-refractivity contribution in [2.75, 3.05) is 0 Å². The molecule has 0 spiro atoms. The van der Waals surface area contributed by atoms with Crippen LogP contribution in [0.3, 0.4) is 0 Å². The molecule has 1 heterocycles. The lowest BCUT2D eigenvalue weighted by molar-refractivity contribution is 0.123. The first-order valence-corrected chi connectivity index (χ1v) is 4.72. The van der Waals surface area contributed by atoms with Crippen LogP contribution in [0.15, 0.2) is 16.3 Å². The lowest BCUT2D eigenvalue weighted by atomic mass is 9.97. The van der Waals surface area contributed by atoms with Crippen molar-refractivity contribution in [3.8, 4) is 0 Å². The molecule has 0 radical (unpaired) electrons. The Labute approximate surface area is 80.5 Å². The van der Waals surface area contributed by atoms with Gasteiger partial charge < -0.3 is 0 Å². The van der Waals surface area contributed by atoms with E-state index in [-0.39, 0.29) is 5.17 Å². The molecule has 2 rings (SSSR count). The zero-order chi connectivity index (χ0) is 9.59. The molecule has 1 unspecified atom stereocenters. The summed E-state index contributed by atoms with van der Waals surface area (Å²) < 4.78 is 25.2. The molecule has 0 aromatic carbocycles. The van der Waals surface area contributed by atoms with Gasteiger partial charge in [-0.15, -0.1) is 0 Å². The van der Waals surface area contributed by atoms with Crippen molar-refractivity contribution in [3.05, 3.63) is 11.3 Å². The zero-order valence-corrected chi connectivity index (χ0v) is 7.98. The summed E-state index contributed by atoms with van der Waals surface area (Å²) in [7, 11) is 0. The van der Waals surface area contributed by atoms with Crippen molar-refractivity contribution < 1.29 is 8.78 Å². The quantitative estimate of drug-likeness (QED) is 0.657. The number of hydrogen-bond donors (Lipinski definition) is 0. The van der Waals surface area contributed by atoms with E-state index in [2.05, 4.69) is 4.99 Å². The molecule has 0 N–H and O–H groups in total. The molecule has 0 amide bonds. The summed E-state index contributed by atoms with van der Waals surface area (Å²) in [5, 5.41) is 0.0643. The van der Waals surface area contributed by atoms with E-state index in [1.54, 1.807) is 6.92 Å². The van der Waals surface area contributed by atoms with Crippen LogP contribution in [-0.4, -0.2) is 11.6 Å². The standard InChI is InChI=1S/C9H10ClF2N/c1-4-6(5-2-3-5)7(9(11)12)8(10)13-4/h5,7,9H,2-3H2,1H3. The summed E-state index contributed by atoms with van der Waals surface area (Å²) in [6, 6.07) is 0. The lowest BCUT2D eigenvalue weighted by Gasteiger charge is -2.12. The average molecular weight is 206 g/mol. The Hall–Kier alpha value is -0.440. The molecule has 1 saturated carbocycles. The predicted molar refractivity (Wildman–Crippen MR) is 48.2 cm³/mol. The van der Waals surface area contributed by atoms with Crippen molar-refractivity contribution >= 4 is 16.8 Å². The molecule has 0 saturated heterocycles. The van der Waals surface area contributed by atoms with Crippen LogP contribution < -0.4 is 0 Å². The SMILES string of the molecule is CC1=C(C2CC2)C(C(F)F)C(Cl)=N1. The second kappa shape index (κ2) is 3.05. The Morgan fingerprint density at radius 1 is 1.46 bits per heavy atom. The molecule has 2 aliphatic rings. The first kappa shape index (κ1) is 9.13. The smallest absolute Gasteiger partial charge is 0.245 e. The molecular formula is C9H10ClF2N. The van der Waals surface area contributed by atoms with Crippen molar-refractivity contribution in [1.82, 2.24) is 0 Å². The molecule has 4 heteroatoms. The van der Waals surface area contributed by atoms with E-state index in [4.69, 9.17) is 11.6 Å². The molecule has 1 aliphatic carbocycles. The van der Waals surface area contributed by atoms with Gasteiger partial charge in [-0.05, 0) is 31.3 Å². The van der Waals surface area contributed by atoms with Crippen molar-refractivity contribution in [2.24, 2.45) is 16.8 Å². The van der Waals surface area contributed by atoms with E-state index in [0.29, 0.717) is 11.6 Å². The number of allylic oxidation sites excluding steroid dienone is 2. The van der Waals surface area contributed by atoms with Crippen LogP contribution in [0.5, 0.6) is 0 Å². The maximum absolute atomic E-state index is 12.6. The lowest BCUT2D eigenvalue weighted by Crippen LogP contribution is -2.18. The highest BCUT2D eigenvalue weighted by molar-refractivity contribution is 6.66. The Balaban J connectivity index is 2.28. The summed E-state index contributed by atoms with van der Waals surface area (Å²) in [6.07, 6.45) is -0.394. The summed E-state index contributed by atoms with van der Waals surface area (Å²) >= 11 is 5.66. The summed E-state index contributed by atoms with van der Waals surface area (Å²) in [6.45, 7) is 1.76. The third-order valence-electron chi connectivity index (χ3n) is 2.55. The normalized spacial score (nSPS) is 28.7. The summed E-state index contributed by atoms with van der Waals surface area (Å²) in [5.74, 6) is -0.590. The monoisotopic (exact) mass is 205 g/mol. The molecule has 1 fully saturated rings. The van der Waals surface area contributed by atoms with Gasteiger partial charge in [0.2, 0.25) is 0 Å². The van der Waals surface area contributed by atoms with Crippen molar-refractivity contribution in [2.45, 2.75) is 26.2 Å². The molecule has 1 atom stereocenters. The van der Waals surface area contributed by atoms with E-state index in [1.807, 2.05) is 0 Å². The highest BCUT2D eigenvalue weighted by atomic mass is 35.5. The van der Waals surface area contributed by atoms with E-state index in [9.17, 15) is 8.78 Å². The minimum Gasteiger partial charge on any atom is -0.245 e. The maximum atomic E-state index is 12.6. The largest absolute Gasteiger partial charge is 0.251 e. The van der Waals surface area contributed by atoms with Crippen LogP contribution >= 0.6 is 11.6 Å². The van der Waals surface area contributed by atoms with Crippen molar-refractivity contribution in [3.63, 3.8) is 0 Å². The minimum absolute atomic E-state index is 0.0643. The van der Waals surface area contributed by atoms with Gasteiger partial charge in [0.05, 0.1) is 5.92 Å². The number of hydrogen-bond acceptors (Lipinski definition) is 1. The Kier molecular flexibility index (Phi) is 2.14. The van der Waals surface area contributed by atoms with Crippen LogP contribution in [0.2, 0.25) is 0 Å². The summed E-state index contributed by atoms with van der Waals surface area (Å²) in [4.78, 5) is 3.92. The first-order chi connectivity index (χ1) is 6.11. The average Bonchev–Trinajstić information content (AvgIpc) is 2.77. The number of halogens is 3. The molecule has 0 bridgehead atoms. The van der Waals surface area contributed by atoms with Gasteiger partial charge in [-0.1, -0.05) is 11.6 Å². The molecule has 13 heavy (non-hydrogen) atoms. The molecule has 1 aliphatic heterocycles.